The third-order valence-corrected chi connectivity index (χ3v) is 3.39. The number of halogens is 2. The molecule has 1 heterocycles. The quantitative estimate of drug-likeness (QED) is 0.925. The molecule has 0 aliphatic carbocycles. The molecular weight excluding hydrogens is 334 g/mol. The van der Waals surface area contributed by atoms with Crippen molar-refractivity contribution in [2.24, 2.45) is 0 Å². The van der Waals surface area contributed by atoms with Crippen molar-refractivity contribution in [2.45, 2.75) is 19.8 Å². The van der Waals surface area contributed by atoms with Crippen LogP contribution in [-0.2, 0) is 0 Å². The second-order valence-corrected chi connectivity index (χ2v) is 5.61. The summed E-state index contributed by atoms with van der Waals surface area (Å²) in [6.07, 6.45) is 0. The minimum absolute atomic E-state index is 0.0409. The lowest BCUT2D eigenvalue weighted by Crippen LogP contribution is -2.08. The molecule has 0 saturated heterocycles. The maximum atomic E-state index is 11.2. The molecule has 19 heavy (non-hydrogen) atoms. The van der Waals surface area contributed by atoms with Gasteiger partial charge in [0.2, 0.25) is 0 Å². The van der Waals surface area contributed by atoms with Crippen molar-refractivity contribution < 1.29 is 9.90 Å². The Morgan fingerprint density at radius 2 is 2.16 bits per heavy atom. The third kappa shape index (κ3) is 2.64. The van der Waals surface area contributed by atoms with Gasteiger partial charge in [-0.1, -0.05) is 46.6 Å². The van der Waals surface area contributed by atoms with Gasteiger partial charge in [-0.15, -0.1) is 5.10 Å². The second kappa shape index (κ2) is 5.30. The van der Waals surface area contributed by atoms with E-state index in [0.29, 0.717) is 16.4 Å². The molecule has 2 aromatic rings. The number of rotatable bonds is 3. The number of aromatic nitrogens is 3. The van der Waals surface area contributed by atoms with Gasteiger partial charge < -0.3 is 5.11 Å². The van der Waals surface area contributed by atoms with E-state index in [-0.39, 0.29) is 11.6 Å². The summed E-state index contributed by atoms with van der Waals surface area (Å²) in [5.41, 5.74) is 1.08. The maximum absolute atomic E-state index is 11.2. The van der Waals surface area contributed by atoms with Gasteiger partial charge in [-0.25, -0.2) is 9.48 Å². The number of hydrogen-bond acceptors (Lipinski definition) is 3. The molecule has 5 nitrogen and oxygen atoms in total. The van der Waals surface area contributed by atoms with Gasteiger partial charge in [0.25, 0.3) is 0 Å². The van der Waals surface area contributed by atoms with Crippen molar-refractivity contribution in [1.82, 2.24) is 15.0 Å². The van der Waals surface area contributed by atoms with Crippen molar-refractivity contribution in [3.8, 4) is 5.69 Å². The standard InChI is InChI=1S/C12H11BrClN3O2/c1-6(2)11-10(12(18)19)15-16-17(11)9-4-3-7(13)5-8(9)14/h3-6H,1-2H3,(H,18,19). The highest BCUT2D eigenvalue weighted by molar-refractivity contribution is 9.10. The van der Waals surface area contributed by atoms with Crippen molar-refractivity contribution in [3.05, 3.63) is 39.1 Å². The molecule has 0 unspecified atom stereocenters. The fourth-order valence-corrected chi connectivity index (χ4v) is 2.54. The fourth-order valence-electron chi connectivity index (χ4n) is 1.79. The van der Waals surface area contributed by atoms with E-state index in [2.05, 4.69) is 26.2 Å². The van der Waals surface area contributed by atoms with Crippen LogP contribution in [0, 0.1) is 0 Å². The van der Waals surface area contributed by atoms with Crippen molar-refractivity contribution in [1.29, 1.82) is 0 Å². The molecular formula is C12H11BrClN3O2. The number of nitrogens with zero attached hydrogens (tertiary/aromatic N) is 3. The van der Waals surface area contributed by atoms with Gasteiger partial charge in [0.1, 0.15) is 0 Å². The first-order valence-electron chi connectivity index (χ1n) is 5.56. The molecule has 1 aromatic heterocycles. The molecule has 0 amide bonds. The number of carboxylic acid groups (broad SMARTS) is 1. The molecule has 7 heteroatoms. The molecule has 0 atom stereocenters. The Morgan fingerprint density at radius 1 is 1.47 bits per heavy atom. The van der Waals surface area contributed by atoms with Crippen LogP contribution in [0.4, 0.5) is 0 Å². The molecule has 0 aliphatic heterocycles. The van der Waals surface area contributed by atoms with Crippen LogP contribution in [-0.4, -0.2) is 26.1 Å². The summed E-state index contributed by atoms with van der Waals surface area (Å²) in [5, 5.41) is 17.2. The predicted molar refractivity (Wildman–Crippen MR) is 75.1 cm³/mol. The highest BCUT2D eigenvalue weighted by atomic mass is 79.9. The topological polar surface area (TPSA) is 68.0 Å². The van der Waals surface area contributed by atoms with Crippen LogP contribution in [0.3, 0.4) is 0 Å². The summed E-state index contributed by atoms with van der Waals surface area (Å²) < 4.78 is 2.31. The minimum atomic E-state index is -1.09. The Bertz CT molecular complexity index is 640. The molecule has 1 aromatic carbocycles. The molecule has 0 saturated carbocycles. The van der Waals surface area contributed by atoms with Gasteiger partial charge in [0.15, 0.2) is 5.69 Å². The Balaban J connectivity index is 2.65. The monoisotopic (exact) mass is 343 g/mol. The molecule has 0 fully saturated rings. The Morgan fingerprint density at radius 3 is 2.68 bits per heavy atom. The number of carboxylic acids is 1. The van der Waals surface area contributed by atoms with Gasteiger partial charge >= 0.3 is 5.97 Å². The van der Waals surface area contributed by atoms with Gasteiger partial charge in [-0.05, 0) is 24.1 Å². The highest BCUT2D eigenvalue weighted by Gasteiger charge is 2.23. The van der Waals surface area contributed by atoms with E-state index in [0.717, 1.165) is 4.47 Å². The van der Waals surface area contributed by atoms with E-state index in [1.807, 2.05) is 19.9 Å². The van der Waals surface area contributed by atoms with Crippen LogP contribution in [0.2, 0.25) is 5.02 Å². The normalized spacial score (nSPS) is 11.0. The van der Waals surface area contributed by atoms with Crippen molar-refractivity contribution in [2.75, 3.05) is 0 Å². The highest BCUT2D eigenvalue weighted by Crippen LogP contribution is 2.28. The minimum Gasteiger partial charge on any atom is -0.476 e. The molecule has 0 spiro atoms. The number of carbonyl (C=O) groups is 1. The zero-order valence-corrected chi connectivity index (χ0v) is 12.6. The largest absolute Gasteiger partial charge is 0.476 e. The summed E-state index contributed by atoms with van der Waals surface area (Å²) >= 11 is 9.48. The number of benzene rings is 1. The Labute approximate surface area is 123 Å². The first-order chi connectivity index (χ1) is 8.91. The smallest absolute Gasteiger partial charge is 0.358 e. The first kappa shape index (κ1) is 14.0. The van der Waals surface area contributed by atoms with Crippen LogP contribution in [0.1, 0.15) is 35.9 Å². The van der Waals surface area contributed by atoms with Crippen LogP contribution < -0.4 is 0 Å². The van der Waals surface area contributed by atoms with E-state index in [9.17, 15) is 4.79 Å². The van der Waals surface area contributed by atoms with Crippen molar-refractivity contribution >= 4 is 33.5 Å². The van der Waals surface area contributed by atoms with Gasteiger partial charge in [-0.3, -0.25) is 0 Å². The lowest BCUT2D eigenvalue weighted by Gasteiger charge is -2.11. The first-order valence-corrected chi connectivity index (χ1v) is 6.73. The second-order valence-electron chi connectivity index (χ2n) is 4.29. The van der Waals surface area contributed by atoms with E-state index >= 15 is 0 Å². The molecule has 2 rings (SSSR count). The summed E-state index contributed by atoms with van der Waals surface area (Å²) in [5.74, 6) is -1.14. The van der Waals surface area contributed by atoms with Crippen molar-refractivity contribution in [3.63, 3.8) is 0 Å². The maximum Gasteiger partial charge on any atom is 0.358 e. The van der Waals surface area contributed by atoms with Crippen LogP contribution >= 0.6 is 27.5 Å². The van der Waals surface area contributed by atoms with Crippen LogP contribution in [0.25, 0.3) is 5.69 Å². The zero-order valence-electron chi connectivity index (χ0n) is 10.3. The van der Waals surface area contributed by atoms with Gasteiger partial charge in [0, 0.05) is 4.47 Å². The summed E-state index contributed by atoms with van der Waals surface area (Å²) in [6.45, 7) is 3.77. The lowest BCUT2D eigenvalue weighted by molar-refractivity contribution is 0.0688. The molecule has 0 radical (unpaired) electrons. The average Bonchev–Trinajstić information content (AvgIpc) is 2.73. The summed E-state index contributed by atoms with van der Waals surface area (Å²) in [6, 6.07) is 5.30. The number of aromatic carboxylic acids is 1. The van der Waals surface area contributed by atoms with E-state index < -0.39 is 5.97 Å². The molecule has 0 bridgehead atoms. The Kier molecular flexibility index (Phi) is 3.91. The van der Waals surface area contributed by atoms with E-state index in [1.165, 1.54) is 4.68 Å². The van der Waals surface area contributed by atoms with Crippen LogP contribution in [0.15, 0.2) is 22.7 Å². The molecule has 0 aliphatic rings. The Hall–Kier alpha value is -1.40. The molecule has 100 valence electrons. The third-order valence-electron chi connectivity index (χ3n) is 2.59. The molecule has 1 N–H and O–H groups in total. The fraction of sp³-hybridized carbons (Fsp3) is 0.250. The summed E-state index contributed by atoms with van der Waals surface area (Å²) in [4.78, 5) is 11.2. The average molecular weight is 345 g/mol. The number of hydrogen-bond donors (Lipinski definition) is 1. The lowest BCUT2D eigenvalue weighted by atomic mass is 10.1. The zero-order chi connectivity index (χ0) is 14.2. The predicted octanol–water partition coefficient (Wildman–Crippen LogP) is 3.50. The van der Waals surface area contributed by atoms with E-state index in [4.69, 9.17) is 16.7 Å². The van der Waals surface area contributed by atoms with Gasteiger partial charge in [-0.2, -0.15) is 0 Å². The van der Waals surface area contributed by atoms with Crippen LogP contribution in [0.5, 0.6) is 0 Å². The van der Waals surface area contributed by atoms with Gasteiger partial charge in [0.05, 0.1) is 16.4 Å². The van der Waals surface area contributed by atoms with E-state index in [1.54, 1.807) is 12.1 Å². The summed E-state index contributed by atoms with van der Waals surface area (Å²) in [7, 11) is 0. The SMILES string of the molecule is CC(C)c1c(C(=O)O)nnn1-c1ccc(Br)cc1Cl.